The Kier molecular flexibility index (Phi) is 5.62. The Morgan fingerprint density at radius 2 is 1.52 bits per heavy atom. The van der Waals surface area contributed by atoms with Crippen LogP contribution in [0.3, 0.4) is 0 Å². The van der Waals surface area contributed by atoms with E-state index in [1.165, 1.54) is 18.2 Å². The maximum atomic E-state index is 13.8. The van der Waals surface area contributed by atoms with Crippen LogP contribution in [0.5, 0.6) is 0 Å². The second kappa shape index (κ2) is 7.98. The number of benzene rings is 2. The van der Waals surface area contributed by atoms with Crippen LogP contribution in [0.1, 0.15) is 29.4 Å². The van der Waals surface area contributed by atoms with Crippen LogP contribution in [-0.4, -0.2) is 15.7 Å². The summed E-state index contributed by atoms with van der Waals surface area (Å²) in [5, 5.41) is 4.23. The van der Waals surface area contributed by atoms with E-state index in [-0.39, 0.29) is 23.0 Å². The van der Waals surface area contributed by atoms with E-state index in [0.29, 0.717) is 6.42 Å². The molecule has 5 nitrogen and oxygen atoms in total. The van der Waals surface area contributed by atoms with Gasteiger partial charge in [0.25, 0.3) is 5.56 Å². The molecule has 0 aliphatic carbocycles. The first kappa shape index (κ1) is 20.4. The highest BCUT2D eigenvalue weighted by atomic mass is 19.2. The van der Waals surface area contributed by atoms with Gasteiger partial charge in [0.2, 0.25) is 5.82 Å². The topological polar surface area (TPSA) is 61.2 Å². The van der Waals surface area contributed by atoms with Gasteiger partial charge in [-0.2, -0.15) is 5.10 Å². The number of carbonyl (C=O) groups is 1. The Balaban J connectivity index is 2.00. The Hall–Kier alpha value is -3.30. The zero-order valence-electron chi connectivity index (χ0n) is 14.9. The molecule has 0 saturated carbocycles. The van der Waals surface area contributed by atoms with Crippen LogP contribution < -0.4 is 5.56 Å². The molecule has 10 heteroatoms. The van der Waals surface area contributed by atoms with Gasteiger partial charge in [-0.3, -0.25) is 4.79 Å². The molecule has 0 saturated heterocycles. The van der Waals surface area contributed by atoms with Gasteiger partial charge in [0, 0.05) is 11.9 Å². The maximum absolute atomic E-state index is 13.8. The number of rotatable bonds is 5. The van der Waals surface area contributed by atoms with E-state index in [9.17, 15) is 31.5 Å². The lowest BCUT2D eigenvalue weighted by Gasteiger charge is -2.11. The van der Waals surface area contributed by atoms with Crippen LogP contribution in [0, 0.1) is 29.1 Å². The lowest BCUT2D eigenvalue weighted by molar-refractivity contribution is 0.0454. The van der Waals surface area contributed by atoms with E-state index in [1.54, 1.807) is 13.0 Å². The number of nitrogens with zero attached hydrogens (tertiary/aromatic N) is 2. The molecule has 0 atom stereocenters. The highest BCUT2D eigenvalue weighted by Crippen LogP contribution is 2.24. The maximum Gasteiger partial charge on any atom is 0.359 e. The van der Waals surface area contributed by atoms with Gasteiger partial charge in [-0.25, -0.2) is 31.4 Å². The number of fused-ring (bicyclic) bond motifs is 1. The first-order chi connectivity index (χ1) is 13.8. The SMILES string of the molecule is CCCn1nc(C(=O)OCc2c(F)c(F)c(F)c(F)c2F)c2ccccc2c1=O. The fraction of sp³-hybridized carbons (Fsp3) is 0.211. The molecular formula is C19H13F5N2O3. The monoisotopic (exact) mass is 412 g/mol. The normalized spacial score (nSPS) is 11.1. The summed E-state index contributed by atoms with van der Waals surface area (Å²) in [5.74, 6) is -12.0. The summed E-state index contributed by atoms with van der Waals surface area (Å²) in [6.45, 7) is 0.763. The van der Waals surface area contributed by atoms with E-state index in [0.717, 1.165) is 4.68 Å². The average Bonchev–Trinajstić information content (AvgIpc) is 2.72. The smallest absolute Gasteiger partial charge is 0.359 e. The van der Waals surface area contributed by atoms with Crippen molar-refractivity contribution in [3.63, 3.8) is 0 Å². The predicted octanol–water partition coefficient (Wildman–Crippen LogP) is 3.86. The van der Waals surface area contributed by atoms with E-state index in [1.807, 2.05) is 0 Å². The number of carbonyl (C=O) groups excluding carboxylic acids is 1. The zero-order valence-corrected chi connectivity index (χ0v) is 14.9. The molecule has 1 aromatic heterocycles. The second-order valence-corrected chi connectivity index (χ2v) is 6.05. The Bertz CT molecular complexity index is 1150. The fourth-order valence-corrected chi connectivity index (χ4v) is 2.73. The minimum absolute atomic E-state index is 0.132. The number of halogens is 5. The first-order valence-corrected chi connectivity index (χ1v) is 8.45. The number of hydrogen-bond donors (Lipinski definition) is 0. The molecule has 0 spiro atoms. The summed E-state index contributed by atoms with van der Waals surface area (Å²) < 4.78 is 73.0. The van der Waals surface area contributed by atoms with Crippen LogP contribution in [0.25, 0.3) is 10.8 Å². The van der Waals surface area contributed by atoms with Crippen molar-refractivity contribution in [2.45, 2.75) is 26.5 Å². The summed E-state index contributed by atoms with van der Waals surface area (Å²) >= 11 is 0. The third kappa shape index (κ3) is 3.57. The molecule has 29 heavy (non-hydrogen) atoms. The van der Waals surface area contributed by atoms with E-state index >= 15 is 0 Å². The molecule has 3 aromatic rings. The van der Waals surface area contributed by atoms with E-state index in [2.05, 4.69) is 5.10 Å². The van der Waals surface area contributed by atoms with E-state index in [4.69, 9.17) is 4.74 Å². The fourth-order valence-electron chi connectivity index (χ4n) is 2.73. The molecule has 152 valence electrons. The van der Waals surface area contributed by atoms with Crippen molar-refractivity contribution in [2.75, 3.05) is 0 Å². The summed E-state index contributed by atoms with van der Waals surface area (Å²) in [4.78, 5) is 24.9. The highest BCUT2D eigenvalue weighted by Gasteiger charge is 2.27. The Morgan fingerprint density at radius 1 is 0.966 bits per heavy atom. The molecule has 0 bridgehead atoms. The Morgan fingerprint density at radius 3 is 2.10 bits per heavy atom. The van der Waals surface area contributed by atoms with Crippen LogP contribution >= 0.6 is 0 Å². The van der Waals surface area contributed by atoms with Crippen LogP contribution in [0.2, 0.25) is 0 Å². The van der Waals surface area contributed by atoms with Gasteiger partial charge >= 0.3 is 5.97 Å². The lowest BCUT2D eigenvalue weighted by atomic mass is 10.1. The number of hydrogen-bond acceptors (Lipinski definition) is 4. The Labute approximate surface area is 160 Å². The van der Waals surface area contributed by atoms with Crippen molar-refractivity contribution < 1.29 is 31.5 Å². The van der Waals surface area contributed by atoms with Crippen molar-refractivity contribution in [3.05, 3.63) is 75.0 Å². The van der Waals surface area contributed by atoms with Crippen LogP contribution in [0.15, 0.2) is 29.1 Å². The molecule has 0 radical (unpaired) electrons. The third-order valence-electron chi connectivity index (χ3n) is 4.14. The number of ether oxygens (including phenoxy) is 1. The molecule has 0 fully saturated rings. The molecular weight excluding hydrogens is 399 g/mol. The molecule has 1 heterocycles. The van der Waals surface area contributed by atoms with Gasteiger partial charge in [-0.1, -0.05) is 25.1 Å². The van der Waals surface area contributed by atoms with Crippen LogP contribution in [-0.2, 0) is 17.9 Å². The van der Waals surface area contributed by atoms with Crippen molar-refractivity contribution >= 4 is 16.7 Å². The molecule has 2 aromatic carbocycles. The highest BCUT2D eigenvalue weighted by molar-refractivity contribution is 6.02. The minimum Gasteiger partial charge on any atom is -0.456 e. The van der Waals surface area contributed by atoms with Gasteiger partial charge in [0.05, 0.1) is 10.9 Å². The molecule has 3 rings (SSSR count). The predicted molar refractivity (Wildman–Crippen MR) is 91.6 cm³/mol. The number of aromatic nitrogens is 2. The summed E-state index contributed by atoms with van der Waals surface area (Å²) in [5.41, 5.74) is -2.06. The van der Waals surface area contributed by atoms with Gasteiger partial charge in [-0.15, -0.1) is 0 Å². The number of esters is 1. The molecule has 0 aliphatic heterocycles. The quantitative estimate of drug-likeness (QED) is 0.276. The standard InChI is InChI=1S/C19H13F5N2O3/c1-2-7-26-18(27)10-6-4-3-5-9(10)17(25-26)19(28)29-8-11-12(20)14(22)16(24)15(23)13(11)21/h3-6H,2,7-8H2,1H3. The van der Waals surface area contributed by atoms with E-state index < -0.39 is 52.8 Å². The van der Waals surface area contributed by atoms with Gasteiger partial charge in [0.1, 0.15) is 6.61 Å². The lowest BCUT2D eigenvalue weighted by Crippen LogP contribution is -2.26. The molecule has 0 amide bonds. The minimum atomic E-state index is -2.31. The van der Waals surface area contributed by atoms with Crippen molar-refractivity contribution in [2.24, 2.45) is 0 Å². The number of aryl methyl sites for hydroxylation is 1. The third-order valence-corrected chi connectivity index (χ3v) is 4.14. The van der Waals surface area contributed by atoms with Gasteiger partial charge in [-0.05, 0) is 12.5 Å². The zero-order chi connectivity index (χ0) is 21.3. The van der Waals surface area contributed by atoms with Crippen molar-refractivity contribution in [1.29, 1.82) is 0 Å². The largest absolute Gasteiger partial charge is 0.456 e. The van der Waals surface area contributed by atoms with Gasteiger partial charge in [0.15, 0.2) is 29.0 Å². The average molecular weight is 412 g/mol. The summed E-state index contributed by atoms with van der Waals surface area (Å²) in [6.07, 6.45) is 0.532. The second-order valence-electron chi connectivity index (χ2n) is 6.05. The first-order valence-electron chi connectivity index (χ1n) is 8.45. The van der Waals surface area contributed by atoms with Gasteiger partial charge < -0.3 is 4.74 Å². The molecule has 0 N–H and O–H groups in total. The molecule has 0 unspecified atom stereocenters. The summed E-state index contributed by atoms with van der Waals surface area (Å²) in [7, 11) is 0. The van der Waals surface area contributed by atoms with Crippen LogP contribution in [0.4, 0.5) is 22.0 Å². The van der Waals surface area contributed by atoms with Crippen molar-refractivity contribution in [3.8, 4) is 0 Å². The van der Waals surface area contributed by atoms with Crippen molar-refractivity contribution in [1.82, 2.24) is 9.78 Å². The molecule has 0 aliphatic rings. The summed E-state index contributed by atoms with van der Waals surface area (Å²) in [6, 6.07) is 6.00.